The molecule has 80 valence electrons. The van der Waals surface area contributed by atoms with Crippen LogP contribution in [0.2, 0.25) is 0 Å². The number of hydrogen-bond acceptors (Lipinski definition) is 3. The molecule has 0 unspecified atom stereocenters. The first-order chi connectivity index (χ1) is 7.18. The summed E-state index contributed by atoms with van der Waals surface area (Å²) in [6.45, 7) is 1.84. The highest BCUT2D eigenvalue weighted by Gasteiger charge is 2.23. The first kappa shape index (κ1) is 10.0. The van der Waals surface area contributed by atoms with Gasteiger partial charge in [0.25, 0.3) is 0 Å². The van der Waals surface area contributed by atoms with Crippen molar-refractivity contribution >= 4 is 11.7 Å². The highest BCUT2D eigenvalue weighted by atomic mass is 16.5. The lowest BCUT2D eigenvalue weighted by atomic mass is 9.96. The summed E-state index contributed by atoms with van der Waals surface area (Å²) in [5, 5.41) is 0. The van der Waals surface area contributed by atoms with Gasteiger partial charge in [0.2, 0.25) is 0 Å². The summed E-state index contributed by atoms with van der Waals surface area (Å²) in [4.78, 5) is 11.7. The largest absolute Gasteiger partial charge is 0.459 e. The molecule has 2 rings (SSSR count). The Balaban J connectivity index is 2.13. The Hall–Kier alpha value is -1.51. The maximum absolute atomic E-state index is 11.7. The molecule has 3 heteroatoms. The molecule has 15 heavy (non-hydrogen) atoms. The predicted molar refractivity (Wildman–Crippen MR) is 58.6 cm³/mol. The van der Waals surface area contributed by atoms with Gasteiger partial charge in [-0.3, -0.25) is 0 Å². The summed E-state index contributed by atoms with van der Waals surface area (Å²) in [5.41, 5.74) is 7.76. The Kier molecular flexibility index (Phi) is 2.62. The zero-order valence-corrected chi connectivity index (χ0v) is 8.82. The molecule has 0 aliphatic heterocycles. The van der Waals surface area contributed by atoms with E-state index in [1.165, 1.54) is 0 Å². The number of hydrogen-bond donors (Lipinski definition) is 1. The van der Waals surface area contributed by atoms with Crippen molar-refractivity contribution in [3.63, 3.8) is 0 Å². The average molecular weight is 205 g/mol. The number of esters is 1. The number of nitrogens with two attached hydrogens (primary N) is 1. The number of carbonyl (C=O) groups excluding carboxylic acids is 1. The van der Waals surface area contributed by atoms with E-state index in [-0.39, 0.29) is 12.1 Å². The molecule has 1 aliphatic carbocycles. The Labute approximate surface area is 89.2 Å². The topological polar surface area (TPSA) is 52.3 Å². The maximum atomic E-state index is 11.7. The van der Waals surface area contributed by atoms with Gasteiger partial charge in [-0.2, -0.15) is 0 Å². The fourth-order valence-corrected chi connectivity index (χ4v) is 1.58. The number of nitrogen functional groups attached to an aromatic ring is 1. The van der Waals surface area contributed by atoms with E-state index in [1.807, 2.05) is 6.92 Å². The lowest BCUT2D eigenvalue weighted by Crippen LogP contribution is -2.25. The first-order valence-corrected chi connectivity index (χ1v) is 5.24. The van der Waals surface area contributed by atoms with Crippen LogP contribution in [0, 0.1) is 6.92 Å². The van der Waals surface area contributed by atoms with E-state index >= 15 is 0 Å². The van der Waals surface area contributed by atoms with Crippen LogP contribution in [-0.2, 0) is 4.74 Å². The summed E-state index contributed by atoms with van der Waals surface area (Å²) in [7, 11) is 0. The van der Waals surface area contributed by atoms with Gasteiger partial charge in [0.1, 0.15) is 6.10 Å². The van der Waals surface area contributed by atoms with Crippen LogP contribution in [0.5, 0.6) is 0 Å². The Bertz CT molecular complexity index is 383. The Morgan fingerprint density at radius 1 is 1.47 bits per heavy atom. The fourth-order valence-electron chi connectivity index (χ4n) is 1.58. The highest BCUT2D eigenvalue weighted by molar-refractivity contribution is 5.92. The normalized spacial score (nSPS) is 15.8. The summed E-state index contributed by atoms with van der Waals surface area (Å²) < 4.78 is 5.31. The molecule has 0 amide bonds. The van der Waals surface area contributed by atoms with Crippen LogP contribution in [-0.4, -0.2) is 12.1 Å². The third kappa shape index (κ3) is 1.96. The molecule has 1 aromatic carbocycles. The molecule has 0 saturated heterocycles. The van der Waals surface area contributed by atoms with E-state index < -0.39 is 0 Å². The molecule has 3 nitrogen and oxygen atoms in total. The van der Waals surface area contributed by atoms with Gasteiger partial charge in [0.05, 0.1) is 5.56 Å². The van der Waals surface area contributed by atoms with E-state index in [1.54, 1.807) is 18.2 Å². The van der Waals surface area contributed by atoms with E-state index in [9.17, 15) is 4.79 Å². The molecular weight excluding hydrogens is 190 g/mol. The highest BCUT2D eigenvalue weighted by Crippen LogP contribution is 2.24. The third-order valence-electron chi connectivity index (χ3n) is 2.92. The second-order valence-electron chi connectivity index (χ2n) is 3.98. The van der Waals surface area contributed by atoms with Crippen molar-refractivity contribution in [1.29, 1.82) is 0 Å². The molecule has 1 fully saturated rings. The summed E-state index contributed by atoms with van der Waals surface area (Å²) in [6, 6.07) is 5.32. The maximum Gasteiger partial charge on any atom is 0.338 e. The van der Waals surface area contributed by atoms with Gasteiger partial charge >= 0.3 is 5.97 Å². The number of benzene rings is 1. The van der Waals surface area contributed by atoms with Crippen molar-refractivity contribution in [2.45, 2.75) is 32.3 Å². The molecular formula is C12H15NO2. The van der Waals surface area contributed by atoms with Crippen LogP contribution < -0.4 is 5.73 Å². The smallest absolute Gasteiger partial charge is 0.338 e. The van der Waals surface area contributed by atoms with Crippen LogP contribution in [0.25, 0.3) is 0 Å². The molecule has 1 aliphatic rings. The number of rotatable bonds is 2. The molecule has 0 atom stereocenters. The van der Waals surface area contributed by atoms with Crippen molar-refractivity contribution in [3.8, 4) is 0 Å². The van der Waals surface area contributed by atoms with Crippen molar-refractivity contribution in [2.24, 2.45) is 0 Å². The molecule has 0 spiro atoms. The summed E-state index contributed by atoms with van der Waals surface area (Å²) in [5.74, 6) is -0.246. The lowest BCUT2D eigenvalue weighted by molar-refractivity contribution is 0.00894. The minimum Gasteiger partial charge on any atom is -0.459 e. The van der Waals surface area contributed by atoms with Crippen LogP contribution >= 0.6 is 0 Å². The summed E-state index contributed by atoms with van der Waals surface area (Å²) >= 11 is 0. The monoisotopic (exact) mass is 205 g/mol. The molecule has 0 heterocycles. The van der Waals surface area contributed by atoms with Gasteiger partial charge in [-0.1, -0.05) is 6.07 Å². The van der Waals surface area contributed by atoms with Crippen molar-refractivity contribution in [1.82, 2.24) is 0 Å². The van der Waals surface area contributed by atoms with Crippen LogP contribution in [0.15, 0.2) is 18.2 Å². The zero-order valence-electron chi connectivity index (χ0n) is 8.82. The summed E-state index contributed by atoms with van der Waals surface area (Å²) in [6.07, 6.45) is 3.27. The molecule has 0 bridgehead atoms. The van der Waals surface area contributed by atoms with Crippen molar-refractivity contribution < 1.29 is 9.53 Å². The van der Waals surface area contributed by atoms with E-state index in [4.69, 9.17) is 10.5 Å². The minimum atomic E-state index is -0.246. The molecule has 2 N–H and O–H groups in total. The quantitative estimate of drug-likeness (QED) is 0.595. The predicted octanol–water partition coefficient (Wildman–Crippen LogP) is 2.29. The van der Waals surface area contributed by atoms with Crippen LogP contribution in [0.1, 0.15) is 35.2 Å². The number of carbonyl (C=O) groups is 1. The zero-order chi connectivity index (χ0) is 10.8. The minimum absolute atomic E-state index is 0.123. The van der Waals surface area contributed by atoms with E-state index in [2.05, 4.69) is 0 Å². The van der Waals surface area contributed by atoms with E-state index in [0.29, 0.717) is 11.3 Å². The van der Waals surface area contributed by atoms with E-state index in [0.717, 1.165) is 24.8 Å². The Morgan fingerprint density at radius 3 is 2.80 bits per heavy atom. The first-order valence-electron chi connectivity index (χ1n) is 5.24. The van der Waals surface area contributed by atoms with Gasteiger partial charge in [0.15, 0.2) is 0 Å². The van der Waals surface area contributed by atoms with Gasteiger partial charge < -0.3 is 10.5 Å². The average Bonchev–Trinajstić information content (AvgIpc) is 2.15. The molecule has 0 radical (unpaired) electrons. The van der Waals surface area contributed by atoms with Gasteiger partial charge in [-0.05, 0) is 43.9 Å². The third-order valence-corrected chi connectivity index (χ3v) is 2.92. The van der Waals surface area contributed by atoms with Gasteiger partial charge in [-0.15, -0.1) is 0 Å². The van der Waals surface area contributed by atoms with Crippen molar-refractivity contribution in [3.05, 3.63) is 29.3 Å². The van der Waals surface area contributed by atoms with Crippen molar-refractivity contribution in [2.75, 3.05) is 5.73 Å². The number of ether oxygens (including phenoxy) is 1. The van der Waals surface area contributed by atoms with Crippen LogP contribution in [0.4, 0.5) is 5.69 Å². The fraction of sp³-hybridized carbons (Fsp3) is 0.417. The molecule has 1 saturated carbocycles. The SMILES string of the molecule is Cc1c(N)cccc1C(=O)OC1CCC1. The number of anilines is 1. The standard InChI is InChI=1S/C12H15NO2/c1-8-10(6-3-7-11(8)13)12(14)15-9-4-2-5-9/h3,6-7,9H,2,4-5,13H2,1H3. The second kappa shape index (κ2) is 3.93. The van der Waals surface area contributed by atoms with Crippen LogP contribution in [0.3, 0.4) is 0 Å². The molecule has 1 aromatic rings. The van der Waals surface area contributed by atoms with Gasteiger partial charge in [-0.25, -0.2) is 4.79 Å². The van der Waals surface area contributed by atoms with Gasteiger partial charge in [0, 0.05) is 5.69 Å². The second-order valence-corrected chi connectivity index (χ2v) is 3.98. The molecule has 0 aromatic heterocycles. The lowest BCUT2D eigenvalue weighted by Gasteiger charge is -2.25. The Morgan fingerprint density at radius 2 is 2.20 bits per heavy atom.